The third-order valence-corrected chi connectivity index (χ3v) is 6.02. The molecule has 27 heavy (non-hydrogen) atoms. The molecule has 0 saturated carbocycles. The zero-order valence-corrected chi connectivity index (χ0v) is 18.4. The van der Waals surface area contributed by atoms with Gasteiger partial charge >= 0.3 is 0 Å². The predicted molar refractivity (Wildman–Crippen MR) is 119 cm³/mol. The second-order valence-corrected chi connectivity index (χ2v) is 8.64. The van der Waals surface area contributed by atoms with Gasteiger partial charge in [-0.05, 0) is 71.5 Å². The van der Waals surface area contributed by atoms with Gasteiger partial charge in [-0.15, -0.1) is 0 Å². The van der Waals surface area contributed by atoms with E-state index in [1.807, 2.05) is 29.5 Å². The van der Waals surface area contributed by atoms with Crippen LogP contribution in [0.1, 0.15) is 12.5 Å². The molecule has 0 spiro atoms. The van der Waals surface area contributed by atoms with Crippen LogP contribution in [-0.4, -0.2) is 21.9 Å². The summed E-state index contributed by atoms with van der Waals surface area (Å²) >= 11 is 14.3. The van der Waals surface area contributed by atoms with Crippen LogP contribution in [0.25, 0.3) is 6.08 Å². The van der Waals surface area contributed by atoms with Crippen LogP contribution in [-0.2, 0) is 4.79 Å². The topological polar surface area (TPSA) is 49.8 Å². The van der Waals surface area contributed by atoms with Gasteiger partial charge in [0.25, 0.3) is 5.91 Å². The maximum absolute atomic E-state index is 13.4. The lowest BCUT2D eigenvalue weighted by atomic mass is 10.2. The Morgan fingerprint density at radius 2 is 2.15 bits per heavy atom. The summed E-state index contributed by atoms with van der Waals surface area (Å²) in [4.78, 5) is 14.5. The fraction of sp³-hybridized carbons (Fsp3) is 0.111. The second-order valence-electron chi connectivity index (χ2n) is 5.40. The van der Waals surface area contributed by atoms with Crippen LogP contribution < -0.4 is 9.64 Å². The maximum atomic E-state index is 13.4. The van der Waals surface area contributed by atoms with Gasteiger partial charge in [0.1, 0.15) is 5.82 Å². The highest BCUT2D eigenvalue weighted by atomic mass is 127. The van der Waals surface area contributed by atoms with Gasteiger partial charge in [-0.2, -0.15) is 0 Å². The molecule has 0 atom stereocenters. The molecule has 140 valence electrons. The van der Waals surface area contributed by atoms with Crippen LogP contribution >= 0.6 is 58.2 Å². The first-order valence-corrected chi connectivity index (χ1v) is 10.4. The Balaban J connectivity index is 1.96. The van der Waals surface area contributed by atoms with Crippen molar-refractivity contribution >= 4 is 80.2 Å². The number of anilines is 1. The number of halogens is 3. The minimum atomic E-state index is -0.566. The van der Waals surface area contributed by atoms with E-state index in [-0.39, 0.29) is 16.7 Å². The Labute approximate surface area is 183 Å². The Hall–Kier alpha value is -1.36. The smallest absolute Gasteiger partial charge is 0.270 e. The minimum absolute atomic E-state index is 0.0584. The van der Waals surface area contributed by atoms with Crippen LogP contribution in [0.4, 0.5) is 10.1 Å². The average molecular weight is 536 g/mol. The van der Waals surface area contributed by atoms with Gasteiger partial charge in [0.05, 0.1) is 25.8 Å². The van der Waals surface area contributed by atoms with Crippen molar-refractivity contribution in [1.29, 1.82) is 0 Å². The summed E-state index contributed by atoms with van der Waals surface area (Å²) in [7, 11) is 0. The number of benzene rings is 2. The first-order valence-electron chi connectivity index (χ1n) is 7.70. The number of hydrogen-bond donors (Lipinski definition) is 1. The Morgan fingerprint density at radius 3 is 2.81 bits per heavy atom. The number of phenols is 1. The number of carbonyl (C=O) groups is 1. The number of rotatable bonds is 4. The van der Waals surface area contributed by atoms with Gasteiger partial charge in [0.15, 0.2) is 15.8 Å². The van der Waals surface area contributed by atoms with E-state index < -0.39 is 5.82 Å². The molecule has 0 radical (unpaired) electrons. The van der Waals surface area contributed by atoms with E-state index in [0.717, 1.165) is 11.8 Å². The Bertz CT molecular complexity index is 983. The zero-order chi connectivity index (χ0) is 19.7. The van der Waals surface area contributed by atoms with Crippen molar-refractivity contribution in [2.75, 3.05) is 11.5 Å². The summed E-state index contributed by atoms with van der Waals surface area (Å²) in [5.74, 6) is -0.489. The first-order chi connectivity index (χ1) is 12.8. The third-order valence-electron chi connectivity index (χ3n) is 3.60. The molecular formula is C18H12ClFINO3S2. The number of hydrogen-bond acceptors (Lipinski definition) is 5. The van der Waals surface area contributed by atoms with Gasteiger partial charge in [-0.25, -0.2) is 4.39 Å². The molecule has 0 bridgehead atoms. The number of amides is 1. The minimum Gasteiger partial charge on any atom is -0.504 e. The van der Waals surface area contributed by atoms with Crippen molar-refractivity contribution in [2.45, 2.75) is 6.92 Å². The molecule has 2 aromatic carbocycles. The van der Waals surface area contributed by atoms with Gasteiger partial charge in [-0.1, -0.05) is 35.6 Å². The molecule has 1 heterocycles. The highest BCUT2D eigenvalue weighted by Gasteiger charge is 2.33. The van der Waals surface area contributed by atoms with Gasteiger partial charge in [0.2, 0.25) is 0 Å². The van der Waals surface area contributed by atoms with Crippen LogP contribution in [0, 0.1) is 9.39 Å². The second kappa shape index (κ2) is 8.34. The summed E-state index contributed by atoms with van der Waals surface area (Å²) in [6.07, 6.45) is 1.68. The summed E-state index contributed by atoms with van der Waals surface area (Å²) in [6.45, 7) is 2.22. The number of carbonyl (C=O) groups excluding carboxylic acids is 1. The number of aromatic hydroxyl groups is 1. The van der Waals surface area contributed by atoms with Crippen LogP contribution in [0.2, 0.25) is 5.02 Å². The number of nitrogens with zero attached hydrogens (tertiary/aromatic N) is 1. The molecule has 1 aliphatic rings. The number of ether oxygens (including phenoxy) is 1. The molecule has 0 unspecified atom stereocenters. The Kier molecular flexibility index (Phi) is 6.29. The first kappa shape index (κ1) is 20.4. The number of thiocarbonyl (C=S) groups is 1. The van der Waals surface area contributed by atoms with Crippen molar-refractivity contribution in [3.05, 3.63) is 55.2 Å². The van der Waals surface area contributed by atoms with E-state index in [4.69, 9.17) is 28.6 Å². The normalized spacial score (nSPS) is 15.7. The molecule has 1 fully saturated rings. The predicted octanol–water partition coefficient (Wildman–Crippen LogP) is 5.59. The van der Waals surface area contributed by atoms with E-state index >= 15 is 0 Å². The lowest BCUT2D eigenvalue weighted by molar-refractivity contribution is -0.113. The van der Waals surface area contributed by atoms with Crippen molar-refractivity contribution < 1.29 is 19.0 Å². The van der Waals surface area contributed by atoms with Crippen molar-refractivity contribution in [3.8, 4) is 11.5 Å². The lowest BCUT2D eigenvalue weighted by Gasteiger charge is -2.14. The maximum Gasteiger partial charge on any atom is 0.270 e. The van der Waals surface area contributed by atoms with E-state index in [1.54, 1.807) is 18.2 Å². The molecule has 0 aromatic heterocycles. The largest absolute Gasteiger partial charge is 0.504 e. The highest BCUT2D eigenvalue weighted by molar-refractivity contribution is 14.1. The molecular weight excluding hydrogens is 524 g/mol. The van der Waals surface area contributed by atoms with E-state index in [1.165, 1.54) is 23.1 Å². The zero-order valence-electron chi connectivity index (χ0n) is 13.8. The van der Waals surface area contributed by atoms with Crippen LogP contribution in [0.15, 0.2) is 35.2 Å². The molecule has 2 aromatic rings. The van der Waals surface area contributed by atoms with Gasteiger partial charge in [0, 0.05) is 0 Å². The van der Waals surface area contributed by atoms with E-state index in [9.17, 15) is 14.3 Å². The monoisotopic (exact) mass is 535 g/mol. The van der Waals surface area contributed by atoms with Crippen molar-refractivity contribution in [3.63, 3.8) is 0 Å². The summed E-state index contributed by atoms with van der Waals surface area (Å²) in [6, 6.07) is 7.39. The summed E-state index contributed by atoms with van der Waals surface area (Å²) < 4.78 is 19.7. The molecule has 1 aliphatic heterocycles. The van der Waals surface area contributed by atoms with E-state index in [0.29, 0.717) is 36.4 Å². The highest BCUT2D eigenvalue weighted by Crippen LogP contribution is 2.39. The molecule has 9 heteroatoms. The van der Waals surface area contributed by atoms with Crippen LogP contribution in [0.5, 0.6) is 11.5 Å². The molecule has 1 saturated heterocycles. The summed E-state index contributed by atoms with van der Waals surface area (Å²) in [5, 5.41) is 9.97. The number of phenolic OH excluding ortho intramolecular Hbond substituents is 1. The molecule has 1 amide bonds. The van der Waals surface area contributed by atoms with Gasteiger partial charge < -0.3 is 9.84 Å². The molecule has 4 nitrogen and oxygen atoms in total. The Morgan fingerprint density at radius 1 is 1.41 bits per heavy atom. The van der Waals surface area contributed by atoms with Crippen molar-refractivity contribution in [1.82, 2.24) is 0 Å². The van der Waals surface area contributed by atoms with Gasteiger partial charge in [-0.3, -0.25) is 9.69 Å². The quantitative estimate of drug-likeness (QED) is 0.314. The summed E-state index contributed by atoms with van der Waals surface area (Å²) in [5.41, 5.74) is 1.10. The third kappa shape index (κ3) is 4.23. The SMILES string of the molecule is CCOc1cc(/C=C2/SC(=S)N(c3ccc(F)c(Cl)c3)C2=O)cc(I)c1O. The molecule has 1 N–H and O–H groups in total. The fourth-order valence-electron chi connectivity index (χ4n) is 2.41. The fourth-order valence-corrected chi connectivity index (χ4v) is 4.51. The standard InChI is InChI=1S/C18H12ClFINO3S2/c1-2-25-14-6-9(5-13(21)16(14)23)7-15-17(24)22(18(26)27-15)10-3-4-12(20)11(19)8-10/h3-8,23H,2H2,1H3/b15-7+. The van der Waals surface area contributed by atoms with E-state index in [2.05, 4.69) is 0 Å². The molecule has 0 aliphatic carbocycles. The van der Waals surface area contributed by atoms with Crippen LogP contribution in [0.3, 0.4) is 0 Å². The number of thioether (sulfide) groups is 1. The lowest BCUT2D eigenvalue weighted by Crippen LogP contribution is -2.27. The van der Waals surface area contributed by atoms with Crippen molar-refractivity contribution in [2.24, 2.45) is 0 Å². The average Bonchev–Trinajstić information content (AvgIpc) is 2.89. The molecule has 3 rings (SSSR count).